The number of urea groups is 1. The van der Waals surface area contributed by atoms with Gasteiger partial charge in [0.1, 0.15) is 0 Å². The molecule has 0 radical (unpaired) electrons. The van der Waals surface area contributed by atoms with Crippen LogP contribution in [0, 0.1) is 0 Å². The van der Waals surface area contributed by atoms with E-state index in [4.69, 9.17) is 0 Å². The van der Waals surface area contributed by atoms with E-state index in [0.717, 1.165) is 6.42 Å². The molecule has 1 heterocycles. The second kappa shape index (κ2) is 7.71. The molecule has 0 atom stereocenters. The van der Waals surface area contributed by atoms with Gasteiger partial charge in [-0.25, -0.2) is 4.79 Å². The van der Waals surface area contributed by atoms with E-state index in [1.165, 1.54) is 9.78 Å². The lowest BCUT2D eigenvalue weighted by molar-refractivity contribution is -0.121. The average molecular weight is 269 g/mol. The van der Waals surface area contributed by atoms with E-state index in [0.29, 0.717) is 19.5 Å². The molecule has 0 bridgehead atoms. The molecule has 6 heteroatoms. The summed E-state index contributed by atoms with van der Waals surface area (Å²) in [6.45, 7) is 0.907. The van der Waals surface area contributed by atoms with Crippen LogP contribution in [0.25, 0.3) is 0 Å². The summed E-state index contributed by atoms with van der Waals surface area (Å²) in [5, 5.41) is 7.46. The van der Waals surface area contributed by atoms with Crippen molar-refractivity contribution in [3.63, 3.8) is 0 Å². The van der Waals surface area contributed by atoms with Crippen LogP contribution >= 0.6 is 11.3 Å². The number of rotatable bonds is 6. The van der Waals surface area contributed by atoms with Gasteiger partial charge >= 0.3 is 6.03 Å². The Bertz CT molecular complexity index is 377. The summed E-state index contributed by atoms with van der Waals surface area (Å²) in [4.78, 5) is 25.3. The van der Waals surface area contributed by atoms with Crippen LogP contribution in [0.15, 0.2) is 17.5 Å². The summed E-state index contributed by atoms with van der Waals surface area (Å²) in [7, 11) is 3.35. The van der Waals surface area contributed by atoms with Gasteiger partial charge in [0.2, 0.25) is 5.91 Å². The minimum Gasteiger partial charge on any atom is -0.354 e. The van der Waals surface area contributed by atoms with Crippen LogP contribution in [0.3, 0.4) is 0 Å². The molecule has 1 rings (SSSR count). The molecular weight excluding hydrogens is 250 g/mol. The molecule has 0 fully saturated rings. The Morgan fingerprint density at radius 3 is 2.61 bits per heavy atom. The SMILES string of the molecule is CN(C)C(=O)NCCNC(=O)CCc1cccs1. The molecule has 5 nitrogen and oxygen atoms in total. The zero-order valence-electron chi connectivity index (χ0n) is 10.7. The average Bonchev–Trinajstić information content (AvgIpc) is 2.84. The number of nitrogens with one attached hydrogen (secondary N) is 2. The van der Waals surface area contributed by atoms with Crippen LogP contribution < -0.4 is 10.6 Å². The van der Waals surface area contributed by atoms with Gasteiger partial charge in [-0.15, -0.1) is 11.3 Å². The molecule has 0 saturated carbocycles. The topological polar surface area (TPSA) is 61.4 Å². The summed E-state index contributed by atoms with van der Waals surface area (Å²) >= 11 is 1.66. The molecule has 0 aliphatic rings. The van der Waals surface area contributed by atoms with E-state index in [9.17, 15) is 9.59 Å². The molecule has 0 saturated heterocycles. The number of carbonyl (C=O) groups is 2. The van der Waals surface area contributed by atoms with Crippen molar-refractivity contribution in [3.8, 4) is 0 Å². The van der Waals surface area contributed by atoms with Gasteiger partial charge < -0.3 is 15.5 Å². The highest BCUT2D eigenvalue weighted by Crippen LogP contribution is 2.10. The molecule has 2 N–H and O–H groups in total. The second-order valence-corrected chi connectivity index (χ2v) is 5.09. The van der Waals surface area contributed by atoms with Crippen LogP contribution in [-0.4, -0.2) is 44.0 Å². The first-order valence-corrected chi connectivity index (χ1v) is 6.72. The minimum atomic E-state index is -0.150. The number of aryl methyl sites for hydroxylation is 1. The van der Waals surface area contributed by atoms with Crippen LogP contribution in [0.1, 0.15) is 11.3 Å². The second-order valence-electron chi connectivity index (χ2n) is 4.06. The van der Waals surface area contributed by atoms with Gasteiger partial charge in [-0.2, -0.15) is 0 Å². The van der Waals surface area contributed by atoms with E-state index < -0.39 is 0 Å². The van der Waals surface area contributed by atoms with Crippen LogP contribution in [0.4, 0.5) is 4.79 Å². The monoisotopic (exact) mass is 269 g/mol. The summed E-state index contributed by atoms with van der Waals surface area (Å²) in [6, 6.07) is 3.85. The van der Waals surface area contributed by atoms with Gasteiger partial charge in [-0.1, -0.05) is 6.07 Å². The van der Waals surface area contributed by atoms with E-state index in [1.54, 1.807) is 25.4 Å². The summed E-state index contributed by atoms with van der Waals surface area (Å²) < 4.78 is 0. The Morgan fingerprint density at radius 2 is 2.00 bits per heavy atom. The largest absolute Gasteiger partial charge is 0.354 e. The maximum atomic E-state index is 11.5. The van der Waals surface area contributed by atoms with Gasteiger partial charge in [0.15, 0.2) is 0 Å². The Morgan fingerprint density at radius 1 is 1.28 bits per heavy atom. The Labute approximate surface area is 111 Å². The zero-order valence-corrected chi connectivity index (χ0v) is 11.5. The minimum absolute atomic E-state index is 0.0162. The highest BCUT2D eigenvalue weighted by Gasteiger charge is 2.04. The number of nitrogens with zero attached hydrogens (tertiary/aromatic N) is 1. The van der Waals surface area contributed by atoms with Crippen molar-refractivity contribution in [1.29, 1.82) is 0 Å². The number of carbonyl (C=O) groups excluding carboxylic acids is 2. The van der Waals surface area contributed by atoms with Crippen molar-refractivity contribution in [3.05, 3.63) is 22.4 Å². The zero-order chi connectivity index (χ0) is 13.4. The van der Waals surface area contributed by atoms with Crippen LogP contribution in [0.2, 0.25) is 0 Å². The standard InChI is InChI=1S/C12H19N3O2S/c1-15(2)12(17)14-8-7-13-11(16)6-5-10-4-3-9-18-10/h3-4,9H,5-8H2,1-2H3,(H,13,16)(H,14,17). The molecule has 0 spiro atoms. The molecule has 18 heavy (non-hydrogen) atoms. The molecular formula is C12H19N3O2S. The number of thiophene rings is 1. The first-order valence-electron chi connectivity index (χ1n) is 5.84. The predicted molar refractivity (Wildman–Crippen MR) is 72.7 cm³/mol. The van der Waals surface area contributed by atoms with E-state index in [2.05, 4.69) is 10.6 Å². The van der Waals surface area contributed by atoms with Crippen molar-refractivity contribution >= 4 is 23.3 Å². The molecule has 0 aliphatic carbocycles. The lowest BCUT2D eigenvalue weighted by Crippen LogP contribution is -2.39. The predicted octanol–water partition coefficient (Wildman–Crippen LogP) is 1.07. The third kappa shape index (κ3) is 5.67. The van der Waals surface area contributed by atoms with Gasteiger partial charge in [-0.3, -0.25) is 4.79 Å². The highest BCUT2D eigenvalue weighted by atomic mass is 32.1. The first kappa shape index (κ1) is 14.5. The fraction of sp³-hybridized carbons (Fsp3) is 0.500. The number of hydrogen-bond acceptors (Lipinski definition) is 3. The normalized spacial score (nSPS) is 9.89. The smallest absolute Gasteiger partial charge is 0.316 e. The summed E-state index contributed by atoms with van der Waals surface area (Å²) in [6.07, 6.45) is 1.26. The van der Waals surface area contributed by atoms with Crippen molar-refractivity contribution in [2.45, 2.75) is 12.8 Å². The van der Waals surface area contributed by atoms with E-state index in [-0.39, 0.29) is 11.9 Å². The van der Waals surface area contributed by atoms with Gasteiger partial charge in [0.25, 0.3) is 0 Å². The fourth-order valence-corrected chi connectivity index (χ4v) is 2.02. The maximum Gasteiger partial charge on any atom is 0.316 e. The van der Waals surface area contributed by atoms with Crippen molar-refractivity contribution in [2.24, 2.45) is 0 Å². The van der Waals surface area contributed by atoms with E-state index in [1.807, 2.05) is 17.5 Å². The third-order valence-corrected chi connectivity index (χ3v) is 3.24. The third-order valence-electron chi connectivity index (χ3n) is 2.31. The van der Waals surface area contributed by atoms with E-state index >= 15 is 0 Å². The van der Waals surface area contributed by atoms with Crippen LogP contribution in [0.5, 0.6) is 0 Å². The lowest BCUT2D eigenvalue weighted by atomic mass is 10.2. The Balaban J connectivity index is 2.05. The van der Waals surface area contributed by atoms with Crippen molar-refractivity contribution in [1.82, 2.24) is 15.5 Å². The molecule has 1 aromatic heterocycles. The number of hydrogen-bond donors (Lipinski definition) is 2. The Kier molecular flexibility index (Phi) is 6.21. The highest BCUT2D eigenvalue weighted by molar-refractivity contribution is 7.09. The van der Waals surface area contributed by atoms with Crippen LogP contribution in [-0.2, 0) is 11.2 Å². The molecule has 3 amide bonds. The van der Waals surface area contributed by atoms with Gasteiger partial charge in [-0.05, 0) is 17.9 Å². The molecule has 0 aliphatic heterocycles. The summed E-state index contributed by atoms with van der Waals surface area (Å²) in [5.74, 6) is 0.0162. The summed E-state index contributed by atoms with van der Waals surface area (Å²) in [5.41, 5.74) is 0. The Hall–Kier alpha value is -1.56. The van der Waals surface area contributed by atoms with Crippen molar-refractivity contribution in [2.75, 3.05) is 27.2 Å². The van der Waals surface area contributed by atoms with Gasteiger partial charge in [0.05, 0.1) is 0 Å². The van der Waals surface area contributed by atoms with Gasteiger partial charge in [0, 0.05) is 38.5 Å². The maximum absolute atomic E-state index is 11.5. The molecule has 0 aromatic carbocycles. The van der Waals surface area contributed by atoms with Crippen molar-refractivity contribution < 1.29 is 9.59 Å². The fourth-order valence-electron chi connectivity index (χ4n) is 1.31. The lowest BCUT2D eigenvalue weighted by Gasteiger charge is -2.12. The molecule has 100 valence electrons. The first-order chi connectivity index (χ1) is 8.59. The number of amides is 3. The quantitative estimate of drug-likeness (QED) is 0.759. The molecule has 0 unspecified atom stereocenters. The molecule has 1 aromatic rings.